The number of para-hydroxylation sites is 1. The number of H-pyrrole nitrogens is 1. The van der Waals surface area contributed by atoms with Gasteiger partial charge in [-0.05, 0) is 36.8 Å². The molecule has 1 N–H and O–H groups in total. The smallest absolute Gasteiger partial charge is 0.189 e. The van der Waals surface area contributed by atoms with Crippen molar-refractivity contribution in [2.75, 3.05) is 26.2 Å². The van der Waals surface area contributed by atoms with E-state index in [0.29, 0.717) is 5.56 Å². The van der Waals surface area contributed by atoms with Crippen molar-refractivity contribution in [1.29, 1.82) is 5.26 Å². The average Bonchev–Trinajstić information content (AvgIpc) is 2.74. The third-order valence-electron chi connectivity index (χ3n) is 5.64. The molecule has 1 aromatic heterocycles. The summed E-state index contributed by atoms with van der Waals surface area (Å²) in [6.45, 7) is 6.80. The molecule has 0 spiro atoms. The van der Waals surface area contributed by atoms with Crippen molar-refractivity contribution in [3.63, 3.8) is 0 Å². The van der Waals surface area contributed by atoms with E-state index in [4.69, 9.17) is 5.26 Å². The van der Waals surface area contributed by atoms with Crippen LogP contribution < -0.4 is 5.43 Å². The number of rotatable bonds is 4. The van der Waals surface area contributed by atoms with Crippen molar-refractivity contribution in [3.05, 3.63) is 81.6 Å². The summed E-state index contributed by atoms with van der Waals surface area (Å²) in [5.41, 5.74) is 3.84. The van der Waals surface area contributed by atoms with Crippen LogP contribution in [0.1, 0.15) is 29.8 Å². The minimum absolute atomic E-state index is 0.0778. The van der Waals surface area contributed by atoms with Gasteiger partial charge in [0.05, 0.1) is 11.6 Å². The Morgan fingerprint density at radius 3 is 2.64 bits per heavy atom. The molecule has 1 unspecified atom stereocenters. The highest BCUT2D eigenvalue weighted by molar-refractivity contribution is 5.78. The van der Waals surface area contributed by atoms with Crippen molar-refractivity contribution >= 4 is 10.9 Å². The van der Waals surface area contributed by atoms with Gasteiger partial charge in [-0.2, -0.15) is 5.26 Å². The standard InChI is InChI=1S/C23H24N4O/c1-17(19-6-4-5-18(13-19)15-24)27-11-9-26(10-12-27)16-20-14-23(28)21-7-2-3-8-22(21)25-20/h2-8,13-14,17H,9-12,16H2,1H3,(H,25,28). The minimum Gasteiger partial charge on any atom is -0.357 e. The lowest BCUT2D eigenvalue weighted by Gasteiger charge is -2.38. The van der Waals surface area contributed by atoms with E-state index in [-0.39, 0.29) is 11.5 Å². The first-order chi connectivity index (χ1) is 13.6. The summed E-state index contributed by atoms with van der Waals surface area (Å²) in [4.78, 5) is 20.6. The normalized spacial score (nSPS) is 16.7. The number of benzene rings is 2. The fourth-order valence-electron chi connectivity index (χ4n) is 3.97. The third kappa shape index (κ3) is 3.84. The molecule has 1 saturated heterocycles. The topological polar surface area (TPSA) is 63.1 Å². The Labute approximate surface area is 164 Å². The van der Waals surface area contributed by atoms with Gasteiger partial charge in [0.15, 0.2) is 5.43 Å². The van der Waals surface area contributed by atoms with Crippen LogP contribution in [-0.2, 0) is 6.54 Å². The molecule has 2 aromatic carbocycles. The molecule has 1 atom stereocenters. The highest BCUT2D eigenvalue weighted by Gasteiger charge is 2.22. The maximum atomic E-state index is 12.3. The summed E-state index contributed by atoms with van der Waals surface area (Å²) in [5, 5.41) is 9.86. The van der Waals surface area contributed by atoms with Crippen molar-refractivity contribution in [1.82, 2.24) is 14.8 Å². The van der Waals surface area contributed by atoms with E-state index in [9.17, 15) is 4.79 Å². The van der Waals surface area contributed by atoms with Gasteiger partial charge in [0, 0.05) is 61.4 Å². The second-order valence-electron chi connectivity index (χ2n) is 7.43. The molecule has 3 aromatic rings. The van der Waals surface area contributed by atoms with Crippen LogP contribution >= 0.6 is 0 Å². The van der Waals surface area contributed by atoms with Gasteiger partial charge >= 0.3 is 0 Å². The van der Waals surface area contributed by atoms with Gasteiger partial charge in [0.25, 0.3) is 0 Å². The molecule has 5 heteroatoms. The highest BCUT2D eigenvalue weighted by atomic mass is 16.1. The van der Waals surface area contributed by atoms with E-state index >= 15 is 0 Å². The van der Waals surface area contributed by atoms with Crippen molar-refractivity contribution in [2.45, 2.75) is 19.5 Å². The van der Waals surface area contributed by atoms with Crippen LogP contribution in [0.3, 0.4) is 0 Å². The van der Waals surface area contributed by atoms with Crippen molar-refractivity contribution < 1.29 is 0 Å². The quantitative estimate of drug-likeness (QED) is 0.763. The number of piperazine rings is 1. The zero-order chi connectivity index (χ0) is 19.5. The molecule has 2 heterocycles. The van der Waals surface area contributed by atoms with Gasteiger partial charge in [0.2, 0.25) is 0 Å². The Morgan fingerprint density at radius 2 is 1.86 bits per heavy atom. The zero-order valence-electron chi connectivity index (χ0n) is 16.1. The van der Waals surface area contributed by atoms with Crippen molar-refractivity contribution in [3.8, 4) is 6.07 Å². The molecule has 4 rings (SSSR count). The number of nitrogens with zero attached hydrogens (tertiary/aromatic N) is 3. The summed E-state index contributed by atoms with van der Waals surface area (Å²) >= 11 is 0. The lowest BCUT2D eigenvalue weighted by Crippen LogP contribution is -2.46. The van der Waals surface area contributed by atoms with E-state index in [1.807, 2.05) is 42.5 Å². The lowest BCUT2D eigenvalue weighted by molar-refractivity contribution is 0.0971. The van der Waals surface area contributed by atoms with Crippen LogP contribution in [0.2, 0.25) is 0 Å². The lowest BCUT2D eigenvalue weighted by atomic mass is 10.0. The van der Waals surface area contributed by atoms with Crippen LogP contribution in [0, 0.1) is 11.3 Å². The number of nitriles is 1. The summed E-state index contributed by atoms with van der Waals surface area (Å²) in [5.74, 6) is 0. The molecule has 28 heavy (non-hydrogen) atoms. The molecule has 0 amide bonds. The van der Waals surface area contributed by atoms with Gasteiger partial charge in [-0.15, -0.1) is 0 Å². The van der Waals surface area contributed by atoms with Crippen LogP contribution in [0.15, 0.2) is 59.4 Å². The maximum Gasteiger partial charge on any atom is 0.189 e. The summed E-state index contributed by atoms with van der Waals surface area (Å²) < 4.78 is 0. The van der Waals surface area contributed by atoms with Gasteiger partial charge < -0.3 is 4.98 Å². The van der Waals surface area contributed by atoms with Gasteiger partial charge in [-0.1, -0.05) is 24.3 Å². The van der Waals surface area contributed by atoms with Gasteiger partial charge in [-0.25, -0.2) is 0 Å². The van der Waals surface area contributed by atoms with Gasteiger partial charge in [-0.3, -0.25) is 14.6 Å². The van der Waals surface area contributed by atoms with E-state index in [0.717, 1.165) is 49.3 Å². The number of fused-ring (bicyclic) bond motifs is 1. The Morgan fingerprint density at radius 1 is 1.07 bits per heavy atom. The highest BCUT2D eigenvalue weighted by Crippen LogP contribution is 2.23. The first-order valence-corrected chi connectivity index (χ1v) is 9.71. The van der Waals surface area contributed by atoms with E-state index in [1.54, 1.807) is 6.07 Å². The Hall–Kier alpha value is -2.94. The first-order valence-electron chi connectivity index (χ1n) is 9.71. The molecule has 5 nitrogen and oxygen atoms in total. The second-order valence-corrected chi connectivity index (χ2v) is 7.43. The molecular formula is C23H24N4O. The molecule has 0 bridgehead atoms. The summed E-state index contributed by atoms with van der Waals surface area (Å²) in [7, 11) is 0. The molecular weight excluding hydrogens is 348 g/mol. The average molecular weight is 372 g/mol. The Kier molecular flexibility index (Phi) is 5.25. The molecule has 1 aliphatic rings. The van der Waals surface area contributed by atoms with Gasteiger partial charge in [0.1, 0.15) is 0 Å². The maximum absolute atomic E-state index is 12.3. The number of hydrogen-bond acceptors (Lipinski definition) is 4. The number of nitrogens with one attached hydrogen (secondary N) is 1. The number of aromatic nitrogens is 1. The monoisotopic (exact) mass is 372 g/mol. The Balaban J connectivity index is 1.40. The molecule has 0 saturated carbocycles. The molecule has 142 valence electrons. The van der Waals surface area contributed by atoms with Crippen LogP contribution in [-0.4, -0.2) is 41.0 Å². The summed E-state index contributed by atoms with van der Waals surface area (Å²) in [6.07, 6.45) is 0. The van der Waals surface area contributed by atoms with Crippen LogP contribution in [0.5, 0.6) is 0 Å². The van der Waals surface area contributed by atoms with Crippen LogP contribution in [0.25, 0.3) is 10.9 Å². The van der Waals surface area contributed by atoms with E-state index in [2.05, 4.69) is 33.8 Å². The zero-order valence-corrected chi connectivity index (χ0v) is 16.1. The van der Waals surface area contributed by atoms with E-state index < -0.39 is 0 Å². The fraction of sp³-hybridized carbons (Fsp3) is 0.304. The minimum atomic E-state index is 0.0778. The number of hydrogen-bond donors (Lipinski definition) is 1. The predicted molar refractivity (Wildman–Crippen MR) is 111 cm³/mol. The molecule has 1 fully saturated rings. The molecule has 0 radical (unpaired) electrons. The largest absolute Gasteiger partial charge is 0.357 e. The predicted octanol–water partition coefficient (Wildman–Crippen LogP) is 3.28. The Bertz CT molecular complexity index is 1070. The van der Waals surface area contributed by atoms with Crippen molar-refractivity contribution in [2.24, 2.45) is 0 Å². The van der Waals surface area contributed by atoms with Crippen LogP contribution in [0.4, 0.5) is 0 Å². The second kappa shape index (κ2) is 7.97. The third-order valence-corrected chi connectivity index (χ3v) is 5.64. The summed E-state index contributed by atoms with van der Waals surface area (Å²) in [6, 6.07) is 19.8. The molecule has 0 aliphatic carbocycles. The number of pyridine rings is 1. The number of aromatic amines is 1. The van der Waals surface area contributed by atoms with E-state index in [1.165, 1.54) is 5.56 Å². The first kappa shape index (κ1) is 18.4. The molecule has 1 aliphatic heterocycles. The fourth-order valence-corrected chi connectivity index (χ4v) is 3.97. The SMILES string of the molecule is CC(c1cccc(C#N)c1)N1CCN(Cc2cc(=O)c3ccccc3[nH]2)CC1.